The van der Waals surface area contributed by atoms with Gasteiger partial charge in [-0.1, -0.05) is 30.3 Å². The molecule has 0 atom stereocenters. The van der Waals surface area contributed by atoms with Crippen LogP contribution in [-0.2, 0) is 4.79 Å². The van der Waals surface area contributed by atoms with E-state index in [1.165, 1.54) is 6.08 Å². The largest absolute Gasteiger partial charge is 0.495 e. The summed E-state index contributed by atoms with van der Waals surface area (Å²) in [4.78, 5) is 11.9. The van der Waals surface area contributed by atoms with Crippen molar-refractivity contribution < 1.29 is 9.53 Å². The maximum Gasteiger partial charge on any atom is 0.250 e. The fourth-order valence-electron chi connectivity index (χ4n) is 1.89. The van der Waals surface area contributed by atoms with E-state index in [-0.39, 0.29) is 5.91 Å². The van der Waals surface area contributed by atoms with Gasteiger partial charge in [0, 0.05) is 17.5 Å². The summed E-state index contributed by atoms with van der Waals surface area (Å²) in [5.41, 5.74) is 2.32. The molecule has 0 radical (unpaired) electrons. The molecule has 0 aliphatic carbocycles. The second kappa shape index (κ2) is 7.14. The monoisotopic (exact) mass is 282 g/mol. The van der Waals surface area contributed by atoms with Gasteiger partial charge in [0.2, 0.25) is 5.91 Å². The van der Waals surface area contributed by atoms with Crippen molar-refractivity contribution in [2.75, 3.05) is 17.7 Å². The molecular weight excluding hydrogens is 264 g/mol. The van der Waals surface area contributed by atoms with Gasteiger partial charge in [-0.2, -0.15) is 0 Å². The third kappa shape index (κ3) is 4.38. The average molecular weight is 282 g/mol. The number of hydrogen-bond acceptors (Lipinski definition) is 3. The highest BCUT2D eigenvalue weighted by Gasteiger charge is 2.03. The maximum atomic E-state index is 11.9. The highest BCUT2D eigenvalue weighted by Crippen LogP contribution is 2.24. The lowest BCUT2D eigenvalue weighted by Crippen LogP contribution is -2.10. The third-order valence-electron chi connectivity index (χ3n) is 2.83. The molecule has 2 aromatic rings. The van der Waals surface area contributed by atoms with Crippen molar-refractivity contribution in [1.82, 2.24) is 0 Å². The van der Waals surface area contributed by atoms with Crippen LogP contribution in [0.15, 0.2) is 66.4 Å². The molecule has 2 aromatic carbocycles. The molecule has 0 unspecified atom stereocenters. The van der Waals surface area contributed by atoms with E-state index < -0.39 is 0 Å². The number of carbonyl (C=O) groups is 1. The zero-order valence-corrected chi connectivity index (χ0v) is 12.1. The first kappa shape index (κ1) is 14.7. The molecule has 0 aliphatic heterocycles. The van der Waals surface area contributed by atoms with Crippen molar-refractivity contribution in [2.24, 2.45) is 0 Å². The molecular formula is C17H18N2O2. The molecule has 108 valence electrons. The van der Waals surface area contributed by atoms with Crippen LogP contribution in [0.25, 0.3) is 0 Å². The molecule has 0 aromatic heterocycles. The smallest absolute Gasteiger partial charge is 0.250 e. The van der Waals surface area contributed by atoms with E-state index in [1.807, 2.05) is 61.5 Å². The first-order valence-electron chi connectivity index (χ1n) is 6.63. The van der Waals surface area contributed by atoms with Gasteiger partial charge in [0.15, 0.2) is 0 Å². The van der Waals surface area contributed by atoms with E-state index in [9.17, 15) is 4.79 Å². The second-order valence-electron chi connectivity index (χ2n) is 4.51. The highest BCUT2D eigenvalue weighted by atomic mass is 16.5. The molecule has 4 nitrogen and oxygen atoms in total. The molecule has 0 saturated carbocycles. The molecule has 0 bridgehead atoms. The molecule has 0 aliphatic rings. The Morgan fingerprint density at radius 1 is 1.00 bits per heavy atom. The molecule has 0 saturated heterocycles. The Kier molecular flexibility index (Phi) is 4.99. The number of carbonyl (C=O) groups excluding carboxylic acids is 1. The number of methoxy groups -OCH3 is 1. The molecule has 2 N–H and O–H groups in total. The van der Waals surface area contributed by atoms with E-state index in [0.29, 0.717) is 0 Å². The van der Waals surface area contributed by atoms with Crippen LogP contribution in [0.1, 0.15) is 6.92 Å². The van der Waals surface area contributed by atoms with Gasteiger partial charge >= 0.3 is 0 Å². The fourth-order valence-corrected chi connectivity index (χ4v) is 1.89. The first-order chi connectivity index (χ1) is 10.2. The number of anilines is 2. The lowest BCUT2D eigenvalue weighted by molar-refractivity contribution is -0.111. The number of amides is 1. The van der Waals surface area contributed by atoms with Crippen LogP contribution in [0.3, 0.4) is 0 Å². The van der Waals surface area contributed by atoms with Crippen LogP contribution in [0.2, 0.25) is 0 Å². The van der Waals surface area contributed by atoms with Crippen molar-refractivity contribution in [1.29, 1.82) is 0 Å². The summed E-state index contributed by atoms with van der Waals surface area (Å²) in [6, 6.07) is 16.9. The number of ether oxygens (including phenoxy) is 1. The predicted octanol–water partition coefficient (Wildman–Crippen LogP) is 3.65. The lowest BCUT2D eigenvalue weighted by atomic mass is 10.2. The summed E-state index contributed by atoms with van der Waals surface area (Å²) in [5.74, 6) is 0.551. The van der Waals surface area contributed by atoms with Crippen LogP contribution >= 0.6 is 0 Å². The van der Waals surface area contributed by atoms with Crippen LogP contribution in [0.5, 0.6) is 5.75 Å². The Morgan fingerprint density at radius 3 is 2.38 bits per heavy atom. The van der Waals surface area contributed by atoms with Crippen molar-refractivity contribution in [3.8, 4) is 5.75 Å². The minimum atomic E-state index is -0.180. The maximum absolute atomic E-state index is 11.9. The summed E-state index contributed by atoms with van der Waals surface area (Å²) < 4.78 is 5.26. The van der Waals surface area contributed by atoms with Gasteiger partial charge in [-0.15, -0.1) is 0 Å². The van der Waals surface area contributed by atoms with Gasteiger partial charge < -0.3 is 15.4 Å². The number of rotatable bonds is 5. The van der Waals surface area contributed by atoms with Crippen LogP contribution < -0.4 is 15.4 Å². The summed E-state index contributed by atoms with van der Waals surface area (Å²) in [6.07, 6.45) is 1.51. The van der Waals surface area contributed by atoms with Gasteiger partial charge in [0.1, 0.15) is 5.75 Å². The van der Waals surface area contributed by atoms with Crippen molar-refractivity contribution in [3.63, 3.8) is 0 Å². The lowest BCUT2D eigenvalue weighted by Gasteiger charge is -2.11. The summed E-state index contributed by atoms with van der Waals surface area (Å²) >= 11 is 0. The second-order valence-corrected chi connectivity index (χ2v) is 4.51. The van der Waals surface area contributed by atoms with Gasteiger partial charge in [0.25, 0.3) is 0 Å². The van der Waals surface area contributed by atoms with E-state index in [1.54, 1.807) is 7.11 Å². The van der Waals surface area contributed by atoms with Crippen LogP contribution in [-0.4, -0.2) is 13.0 Å². The van der Waals surface area contributed by atoms with Gasteiger partial charge in [-0.3, -0.25) is 4.79 Å². The van der Waals surface area contributed by atoms with E-state index in [4.69, 9.17) is 4.74 Å². The van der Waals surface area contributed by atoms with E-state index >= 15 is 0 Å². The topological polar surface area (TPSA) is 50.4 Å². The molecule has 0 fully saturated rings. The van der Waals surface area contributed by atoms with Crippen LogP contribution in [0.4, 0.5) is 11.4 Å². The number of allylic oxidation sites excluding steroid dienone is 1. The van der Waals surface area contributed by atoms with Crippen molar-refractivity contribution in [3.05, 3.63) is 66.4 Å². The molecule has 4 heteroatoms. The van der Waals surface area contributed by atoms with Gasteiger partial charge in [-0.05, 0) is 31.2 Å². The Balaban J connectivity index is 2.02. The quantitative estimate of drug-likeness (QED) is 0.823. The molecule has 0 heterocycles. The van der Waals surface area contributed by atoms with Gasteiger partial charge in [-0.25, -0.2) is 0 Å². The summed E-state index contributed by atoms with van der Waals surface area (Å²) in [7, 11) is 1.61. The van der Waals surface area contributed by atoms with Crippen molar-refractivity contribution >= 4 is 17.3 Å². The molecule has 2 rings (SSSR count). The SMILES string of the molecule is COc1ccccc1NC(C)=CC(=O)Nc1ccccc1. The third-order valence-corrected chi connectivity index (χ3v) is 2.83. The Bertz CT molecular complexity index is 636. The summed E-state index contributed by atoms with van der Waals surface area (Å²) in [6.45, 7) is 1.83. The highest BCUT2D eigenvalue weighted by molar-refractivity contribution is 6.00. The molecule has 1 amide bonds. The van der Waals surface area contributed by atoms with Crippen molar-refractivity contribution in [2.45, 2.75) is 6.92 Å². The van der Waals surface area contributed by atoms with E-state index in [0.717, 1.165) is 22.8 Å². The number of para-hydroxylation sites is 3. The molecule has 21 heavy (non-hydrogen) atoms. The normalized spacial score (nSPS) is 10.9. The Hall–Kier alpha value is -2.75. The number of nitrogens with one attached hydrogen (secondary N) is 2. The standard InChI is InChI=1S/C17H18N2O2/c1-13(18-15-10-6-7-11-16(15)21-2)12-17(20)19-14-8-4-3-5-9-14/h3-12,18H,1-2H3,(H,19,20). The summed E-state index contributed by atoms with van der Waals surface area (Å²) in [5, 5.41) is 5.95. The Labute approximate surface area is 124 Å². The zero-order chi connectivity index (χ0) is 15.1. The average Bonchev–Trinajstić information content (AvgIpc) is 2.48. The Morgan fingerprint density at radius 2 is 1.67 bits per heavy atom. The number of hydrogen-bond donors (Lipinski definition) is 2. The first-order valence-corrected chi connectivity index (χ1v) is 6.63. The van der Waals surface area contributed by atoms with Crippen LogP contribution in [0, 0.1) is 0 Å². The molecule has 0 spiro atoms. The van der Waals surface area contributed by atoms with Gasteiger partial charge in [0.05, 0.1) is 12.8 Å². The van der Waals surface area contributed by atoms with E-state index in [2.05, 4.69) is 10.6 Å². The minimum Gasteiger partial charge on any atom is -0.495 e. The zero-order valence-electron chi connectivity index (χ0n) is 12.1. The number of benzene rings is 2. The fraction of sp³-hybridized carbons (Fsp3) is 0.118. The minimum absolute atomic E-state index is 0.180. The predicted molar refractivity (Wildman–Crippen MR) is 85.4 cm³/mol.